The number of ketones is 2. The van der Waals surface area contributed by atoms with E-state index >= 15 is 0 Å². The predicted octanol–water partition coefficient (Wildman–Crippen LogP) is 1.15. The first-order valence-electron chi connectivity index (χ1n) is 8.40. The van der Waals surface area contributed by atoms with Gasteiger partial charge in [0, 0.05) is 16.2 Å². The largest absolute Gasteiger partial charge is 0.398 e. The number of nitrogens with two attached hydrogens (primary N) is 1. The van der Waals surface area contributed by atoms with Gasteiger partial charge < -0.3 is 5.73 Å². The number of anilines is 1. The number of nitrogens with zero attached hydrogens (tertiary/aromatic N) is 2. The highest BCUT2D eigenvalue weighted by Crippen LogP contribution is 2.24. The Morgan fingerprint density at radius 3 is 3.00 bits per heavy atom. The molecular weight excluding hydrogens is 270 g/mol. The molecule has 0 bridgehead atoms. The summed E-state index contributed by atoms with van der Waals surface area (Å²) in [6, 6.07) is 1.08. The standard InChI is InChI=1S/C15H15N3O3/c1-8-17-11-4-2-3-10(16)14(11)15(21)18(8)12-6-5-9(19)7-13(12)20/h2-4,12H,5-7,16H2,1H3/i4D,5D,6D2. The SMILES string of the molecule is [2H]c1ccc(N)c2c(=O)n(C3C(=O)CC(=O)C([2H])C3([2H])[2H])c(C)nc12. The Kier molecular flexibility index (Phi) is 2.16. The summed E-state index contributed by atoms with van der Waals surface area (Å²) in [7, 11) is 0. The van der Waals surface area contributed by atoms with Crippen LogP contribution in [-0.2, 0) is 9.59 Å². The number of hydrogen-bond donors (Lipinski definition) is 1. The molecular formula is C15H15N3O3. The molecule has 1 aliphatic carbocycles. The number of nitrogen functional groups attached to an aromatic ring is 1. The molecule has 0 saturated heterocycles. The van der Waals surface area contributed by atoms with Crippen molar-refractivity contribution in [3.8, 4) is 0 Å². The lowest BCUT2D eigenvalue weighted by molar-refractivity contribution is -0.132. The maximum atomic E-state index is 12.9. The summed E-state index contributed by atoms with van der Waals surface area (Å²) in [5, 5.41) is -0.0832. The zero-order valence-electron chi connectivity index (χ0n) is 15.2. The van der Waals surface area contributed by atoms with Gasteiger partial charge in [-0.05, 0) is 25.4 Å². The number of benzene rings is 1. The minimum Gasteiger partial charge on any atom is -0.398 e. The number of aryl methyl sites for hydroxylation is 1. The third kappa shape index (κ3) is 2.12. The van der Waals surface area contributed by atoms with Gasteiger partial charge in [0.15, 0.2) is 5.78 Å². The van der Waals surface area contributed by atoms with Crippen LogP contribution in [0.15, 0.2) is 23.0 Å². The molecule has 2 unspecified atom stereocenters. The van der Waals surface area contributed by atoms with E-state index in [4.69, 9.17) is 11.2 Å². The molecule has 2 aromatic rings. The van der Waals surface area contributed by atoms with Gasteiger partial charge in [-0.2, -0.15) is 0 Å². The van der Waals surface area contributed by atoms with E-state index in [-0.39, 0.29) is 28.5 Å². The van der Waals surface area contributed by atoms with Crippen LogP contribution in [0.4, 0.5) is 5.69 Å². The second kappa shape index (κ2) is 4.80. The van der Waals surface area contributed by atoms with Gasteiger partial charge in [-0.25, -0.2) is 4.98 Å². The fourth-order valence-corrected chi connectivity index (χ4v) is 2.41. The number of carbonyl (C=O) groups is 2. The smallest absolute Gasteiger partial charge is 0.264 e. The first kappa shape index (κ1) is 9.44. The Morgan fingerprint density at radius 2 is 2.24 bits per heavy atom. The third-order valence-electron chi connectivity index (χ3n) is 3.38. The van der Waals surface area contributed by atoms with Gasteiger partial charge in [-0.1, -0.05) is 6.07 Å². The molecule has 1 aromatic carbocycles. The average Bonchev–Trinajstić information content (AvgIpc) is 2.52. The molecule has 1 aromatic heterocycles. The van der Waals surface area contributed by atoms with Crippen LogP contribution in [0.25, 0.3) is 10.9 Å². The monoisotopic (exact) mass is 289 g/mol. The molecule has 1 saturated carbocycles. The van der Waals surface area contributed by atoms with Crippen molar-refractivity contribution in [3.05, 3.63) is 34.4 Å². The first-order valence-corrected chi connectivity index (χ1v) is 6.33. The molecule has 2 atom stereocenters. The molecule has 1 aliphatic rings. The summed E-state index contributed by atoms with van der Waals surface area (Å²) in [6.45, 7) is 1.40. The predicted molar refractivity (Wildman–Crippen MR) is 78.1 cm³/mol. The summed E-state index contributed by atoms with van der Waals surface area (Å²) in [5.74, 6) is -1.59. The van der Waals surface area contributed by atoms with Crippen LogP contribution in [0, 0.1) is 6.92 Å². The van der Waals surface area contributed by atoms with Crippen LogP contribution in [0.5, 0.6) is 0 Å². The second-order valence-corrected chi connectivity index (χ2v) is 4.81. The molecule has 0 aliphatic heterocycles. The molecule has 1 heterocycles. The number of rotatable bonds is 1. The van der Waals surface area contributed by atoms with Crippen LogP contribution in [0.3, 0.4) is 0 Å². The highest BCUT2D eigenvalue weighted by molar-refractivity contribution is 6.03. The molecule has 21 heavy (non-hydrogen) atoms. The van der Waals surface area contributed by atoms with Gasteiger partial charge in [-0.15, -0.1) is 0 Å². The average molecular weight is 289 g/mol. The maximum Gasteiger partial charge on any atom is 0.264 e. The first-order chi connectivity index (χ1) is 11.6. The van der Waals surface area contributed by atoms with Crippen molar-refractivity contribution in [3.63, 3.8) is 0 Å². The Balaban J connectivity index is 2.36. The lowest BCUT2D eigenvalue weighted by atomic mass is 9.92. The molecule has 108 valence electrons. The molecule has 0 amide bonds. The van der Waals surface area contributed by atoms with Crippen molar-refractivity contribution in [1.29, 1.82) is 0 Å². The third-order valence-corrected chi connectivity index (χ3v) is 3.38. The Labute approximate surface area is 126 Å². The quantitative estimate of drug-likeness (QED) is 0.627. The topological polar surface area (TPSA) is 95.0 Å². The minimum absolute atomic E-state index is 0.0142. The van der Waals surface area contributed by atoms with Crippen molar-refractivity contribution in [2.24, 2.45) is 0 Å². The zero-order valence-corrected chi connectivity index (χ0v) is 11.2. The molecule has 0 spiro atoms. The number of aromatic nitrogens is 2. The fourth-order valence-electron chi connectivity index (χ4n) is 2.41. The van der Waals surface area contributed by atoms with Crippen molar-refractivity contribution in [2.75, 3.05) is 5.73 Å². The summed E-state index contributed by atoms with van der Waals surface area (Å²) in [6.07, 6.45) is -4.96. The molecule has 6 heteroatoms. The van der Waals surface area contributed by atoms with Crippen LogP contribution in [0.2, 0.25) is 0 Å². The van der Waals surface area contributed by atoms with Gasteiger partial charge in [0.1, 0.15) is 11.6 Å². The van der Waals surface area contributed by atoms with E-state index in [0.29, 0.717) is 0 Å². The van der Waals surface area contributed by atoms with E-state index in [0.717, 1.165) is 4.57 Å². The fraction of sp³-hybridized carbons (Fsp3) is 0.333. The number of fused-ring (bicyclic) bond motifs is 1. The normalized spacial score (nSPS) is 27.9. The van der Waals surface area contributed by atoms with E-state index in [9.17, 15) is 14.4 Å². The van der Waals surface area contributed by atoms with Crippen LogP contribution in [-0.4, -0.2) is 21.1 Å². The Hall–Kier alpha value is -2.50. The van der Waals surface area contributed by atoms with E-state index < -0.39 is 42.4 Å². The summed E-state index contributed by atoms with van der Waals surface area (Å²) in [5.41, 5.74) is 5.17. The summed E-state index contributed by atoms with van der Waals surface area (Å²) in [4.78, 5) is 41.1. The van der Waals surface area contributed by atoms with Gasteiger partial charge in [0.25, 0.3) is 5.56 Å². The van der Waals surface area contributed by atoms with Crippen molar-refractivity contribution < 1.29 is 15.1 Å². The molecule has 2 N–H and O–H groups in total. The van der Waals surface area contributed by atoms with Crippen molar-refractivity contribution in [2.45, 2.75) is 32.2 Å². The highest BCUT2D eigenvalue weighted by Gasteiger charge is 2.30. The van der Waals surface area contributed by atoms with Crippen LogP contribution in [0.1, 0.15) is 36.5 Å². The van der Waals surface area contributed by atoms with E-state index in [1.165, 1.54) is 19.1 Å². The van der Waals surface area contributed by atoms with Gasteiger partial charge in [-0.3, -0.25) is 19.0 Å². The lowest BCUT2D eigenvalue weighted by Crippen LogP contribution is -2.36. The van der Waals surface area contributed by atoms with Crippen molar-refractivity contribution >= 4 is 28.2 Å². The molecule has 1 fully saturated rings. The lowest BCUT2D eigenvalue weighted by Gasteiger charge is -2.24. The highest BCUT2D eigenvalue weighted by atomic mass is 16.2. The van der Waals surface area contributed by atoms with Crippen LogP contribution >= 0.6 is 0 Å². The molecule has 6 nitrogen and oxygen atoms in total. The minimum atomic E-state index is -2.57. The molecule has 3 rings (SSSR count). The maximum absolute atomic E-state index is 12.9. The van der Waals surface area contributed by atoms with E-state index in [1.54, 1.807) is 0 Å². The van der Waals surface area contributed by atoms with E-state index in [1.807, 2.05) is 0 Å². The Morgan fingerprint density at radius 1 is 1.48 bits per heavy atom. The second-order valence-electron chi connectivity index (χ2n) is 4.81. The Bertz CT molecular complexity index is 986. The molecule has 0 radical (unpaired) electrons. The van der Waals surface area contributed by atoms with E-state index in [2.05, 4.69) is 4.98 Å². The van der Waals surface area contributed by atoms with Crippen molar-refractivity contribution in [1.82, 2.24) is 9.55 Å². The zero-order chi connectivity index (χ0) is 18.7. The number of carbonyl (C=O) groups excluding carboxylic acids is 2. The summed E-state index contributed by atoms with van der Waals surface area (Å²) >= 11 is 0. The van der Waals surface area contributed by atoms with Crippen LogP contribution < -0.4 is 11.3 Å². The van der Waals surface area contributed by atoms with Gasteiger partial charge >= 0.3 is 0 Å². The van der Waals surface area contributed by atoms with Gasteiger partial charge in [0.2, 0.25) is 0 Å². The number of hydrogen-bond acceptors (Lipinski definition) is 5. The summed E-state index contributed by atoms with van der Waals surface area (Å²) < 4.78 is 32.6. The number of Topliss-reactive ketones (excluding diaryl/α,β-unsaturated/α-hetero) is 2. The van der Waals surface area contributed by atoms with Gasteiger partial charge in [0.05, 0.1) is 24.7 Å².